The SMILES string of the molecule is CCCn1cc(OCC2CCC(C(=O)O)O2)cn1. The molecule has 2 heterocycles. The lowest BCUT2D eigenvalue weighted by Crippen LogP contribution is -2.23. The number of aliphatic carboxylic acids is 1. The molecule has 1 aromatic rings. The molecule has 0 saturated carbocycles. The second-order valence-corrected chi connectivity index (χ2v) is 4.41. The lowest BCUT2D eigenvalue weighted by atomic mass is 10.2. The number of rotatable bonds is 6. The van der Waals surface area contributed by atoms with E-state index >= 15 is 0 Å². The molecular formula is C12H18N2O4. The van der Waals surface area contributed by atoms with Gasteiger partial charge in [-0.25, -0.2) is 4.79 Å². The third-order valence-electron chi connectivity index (χ3n) is 2.88. The van der Waals surface area contributed by atoms with Crippen molar-refractivity contribution in [1.29, 1.82) is 0 Å². The Morgan fingerprint density at radius 3 is 3.17 bits per heavy atom. The molecule has 1 aliphatic rings. The molecule has 1 aliphatic heterocycles. The Kier molecular flexibility index (Phi) is 4.19. The lowest BCUT2D eigenvalue weighted by Gasteiger charge is -2.11. The van der Waals surface area contributed by atoms with Crippen molar-refractivity contribution in [2.24, 2.45) is 0 Å². The largest absolute Gasteiger partial charge is 0.488 e. The summed E-state index contributed by atoms with van der Waals surface area (Å²) in [6, 6.07) is 0. The van der Waals surface area contributed by atoms with Gasteiger partial charge in [0.25, 0.3) is 0 Å². The van der Waals surface area contributed by atoms with Crippen LogP contribution in [0.15, 0.2) is 12.4 Å². The quantitative estimate of drug-likeness (QED) is 0.828. The summed E-state index contributed by atoms with van der Waals surface area (Å²) in [4.78, 5) is 10.7. The van der Waals surface area contributed by atoms with Gasteiger partial charge < -0.3 is 14.6 Å². The zero-order chi connectivity index (χ0) is 13.0. The summed E-state index contributed by atoms with van der Waals surface area (Å²) >= 11 is 0. The summed E-state index contributed by atoms with van der Waals surface area (Å²) in [5.41, 5.74) is 0. The Morgan fingerprint density at radius 2 is 2.50 bits per heavy atom. The molecule has 2 rings (SSSR count). The Labute approximate surface area is 106 Å². The van der Waals surface area contributed by atoms with Gasteiger partial charge in [-0.2, -0.15) is 5.10 Å². The zero-order valence-electron chi connectivity index (χ0n) is 10.4. The lowest BCUT2D eigenvalue weighted by molar-refractivity contribution is -0.149. The fourth-order valence-electron chi connectivity index (χ4n) is 1.97. The van der Waals surface area contributed by atoms with Gasteiger partial charge in [0.2, 0.25) is 0 Å². The highest BCUT2D eigenvalue weighted by Crippen LogP contribution is 2.21. The van der Waals surface area contributed by atoms with E-state index in [4.69, 9.17) is 14.6 Å². The molecule has 1 aromatic heterocycles. The molecule has 2 unspecified atom stereocenters. The average Bonchev–Trinajstić information content (AvgIpc) is 2.95. The number of ether oxygens (including phenoxy) is 2. The van der Waals surface area contributed by atoms with Crippen molar-refractivity contribution >= 4 is 5.97 Å². The van der Waals surface area contributed by atoms with Gasteiger partial charge in [-0.1, -0.05) is 6.92 Å². The first kappa shape index (κ1) is 12.9. The Morgan fingerprint density at radius 1 is 1.67 bits per heavy atom. The second-order valence-electron chi connectivity index (χ2n) is 4.41. The van der Waals surface area contributed by atoms with Crippen molar-refractivity contribution in [3.8, 4) is 5.75 Å². The van der Waals surface area contributed by atoms with Crippen LogP contribution in [0, 0.1) is 0 Å². The first-order chi connectivity index (χ1) is 8.69. The van der Waals surface area contributed by atoms with Crippen molar-refractivity contribution in [2.75, 3.05) is 6.61 Å². The minimum atomic E-state index is -0.895. The summed E-state index contributed by atoms with van der Waals surface area (Å²) in [7, 11) is 0. The molecule has 2 atom stereocenters. The number of hydrogen-bond acceptors (Lipinski definition) is 4. The van der Waals surface area contributed by atoms with Crippen molar-refractivity contribution < 1.29 is 19.4 Å². The van der Waals surface area contributed by atoms with Crippen LogP contribution in [0.4, 0.5) is 0 Å². The number of nitrogens with zero attached hydrogens (tertiary/aromatic N) is 2. The summed E-state index contributed by atoms with van der Waals surface area (Å²) in [6.07, 6.45) is 4.99. The topological polar surface area (TPSA) is 73.6 Å². The number of carbonyl (C=O) groups is 1. The first-order valence-corrected chi connectivity index (χ1v) is 6.22. The van der Waals surface area contributed by atoms with Crippen LogP contribution in [0.5, 0.6) is 5.75 Å². The first-order valence-electron chi connectivity index (χ1n) is 6.22. The maximum absolute atomic E-state index is 10.7. The third kappa shape index (κ3) is 3.22. The molecule has 0 radical (unpaired) electrons. The zero-order valence-corrected chi connectivity index (χ0v) is 10.4. The molecule has 1 N–H and O–H groups in total. The number of carboxylic acids is 1. The highest BCUT2D eigenvalue weighted by Gasteiger charge is 2.30. The van der Waals surface area contributed by atoms with Gasteiger partial charge >= 0.3 is 5.97 Å². The van der Waals surface area contributed by atoms with E-state index < -0.39 is 12.1 Å². The normalized spacial score (nSPS) is 23.2. The van der Waals surface area contributed by atoms with Crippen LogP contribution in [-0.2, 0) is 16.1 Å². The fraction of sp³-hybridized carbons (Fsp3) is 0.667. The van der Waals surface area contributed by atoms with Crippen LogP contribution in [0.1, 0.15) is 26.2 Å². The van der Waals surface area contributed by atoms with Crippen molar-refractivity contribution in [2.45, 2.75) is 44.9 Å². The highest BCUT2D eigenvalue weighted by molar-refractivity contribution is 5.72. The minimum Gasteiger partial charge on any atom is -0.488 e. The maximum Gasteiger partial charge on any atom is 0.332 e. The monoisotopic (exact) mass is 254 g/mol. The average molecular weight is 254 g/mol. The van der Waals surface area contributed by atoms with Gasteiger partial charge in [0.1, 0.15) is 6.61 Å². The molecule has 0 spiro atoms. The van der Waals surface area contributed by atoms with E-state index in [-0.39, 0.29) is 6.10 Å². The van der Waals surface area contributed by atoms with E-state index in [1.54, 1.807) is 6.20 Å². The van der Waals surface area contributed by atoms with E-state index in [1.165, 1.54) is 0 Å². The van der Waals surface area contributed by atoms with Crippen LogP contribution in [-0.4, -0.2) is 39.7 Å². The number of hydrogen-bond donors (Lipinski definition) is 1. The van der Waals surface area contributed by atoms with Gasteiger partial charge in [-0.05, 0) is 19.3 Å². The Hall–Kier alpha value is -1.56. The number of carboxylic acid groups (broad SMARTS) is 1. The summed E-state index contributed by atoms with van der Waals surface area (Å²) in [5, 5.41) is 13.0. The van der Waals surface area contributed by atoms with E-state index in [0.717, 1.165) is 19.4 Å². The molecule has 0 aromatic carbocycles. The van der Waals surface area contributed by atoms with Crippen LogP contribution in [0.2, 0.25) is 0 Å². The van der Waals surface area contributed by atoms with Crippen molar-refractivity contribution in [1.82, 2.24) is 9.78 Å². The van der Waals surface area contributed by atoms with Crippen LogP contribution in [0.25, 0.3) is 0 Å². The van der Waals surface area contributed by atoms with Gasteiger partial charge in [-0.3, -0.25) is 4.68 Å². The second kappa shape index (κ2) is 5.86. The highest BCUT2D eigenvalue weighted by atomic mass is 16.6. The van der Waals surface area contributed by atoms with E-state index in [9.17, 15) is 4.79 Å². The van der Waals surface area contributed by atoms with Gasteiger partial charge in [0.15, 0.2) is 11.9 Å². The van der Waals surface area contributed by atoms with Crippen molar-refractivity contribution in [3.63, 3.8) is 0 Å². The molecular weight excluding hydrogens is 236 g/mol. The van der Waals surface area contributed by atoms with Gasteiger partial charge in [0.05, 0.1) is 18.5 Å². The maximum atomic E-state index is 10.7. The minimum absolute atomic E-state index is 0.138. The van der Waals surface area contributed by atoms with Gasteiger partial charge in [-0.15, -0.1) is 0 Å². The molecule has 0 bridgehead atoms. The molecule has 1 fully saturated rings. The van der Waals surface area contributed by atoms with Crippen LogP contribution in [0.3, 0.4) is 0 Å². The fourth-order valence-corrected chi connectivity index (χ4v) is 1.97. The Balaban J connectivity index is 1.76. The van der Waals surface area contributed by atoms with Crippen molar-refractivity contribution in [3.05, 3.63) is 12.4 Å². The molecule has 18 heavy (non-hydrogen) atoms. The molecule has 0 amide bonds. The number of aryl methyl sites for hydroxylation is 1. The molecule has 6 nitrogen and oxygen atoms in total. The van der Waals surface area contributed by atoms with Crippen LogP contribution >= 0.6 is 0 Å². The Bertz CT molecular complexity index is 405. The molecule has 6 heteroatoms. The molecule has 1 saturated heterocycles. The predicted octanol–water partition coefficient (Wildman–Crippen LogP) is 1.30. The summed E-state index contributed by atoms with van der Waals surface area (Å²) in [5.74, 6) is -0.195. The van der Waals surface area contributed by atoms with Gasteiger partial charge in [0, 0.05) is 6.54 Å². The van der Waals surface area contributed by atoms with E-state index in [1.807, 2.05) is 10.9 Å². The molecule has 100 valence electrons. The predicted molar refractivity (Wildman–Crippen MR) is 63.5 cm³/mol. The molecule has 0 aliphatic carbocycles. The smallest absolute Gasteiger partial charge is 0.332 e. The van der Waals surface area contributed by atoms with E-state index in [2.05, 4.69) is 12.0 Å². The van der Waals surface area contributed by atoms with E-state index in [0.29, 0.717) is 18.8 Å². The standard InChI is InChI=1S/C12H18N2O4/c1-2-5-14-7-10(6-13-14)17-8-9-3-4-11(18-9)12(15)16/h6-7,9,11H,2-5,8H2,1H3,(H,15,16). The van der Waals surface area contributed by atoms with Crippen LogP contribution < -0.4 is 4.74 Å². The third-order valence-corrected chi connectivity index (χ3v) is 2.88. The summed E-state index contributed by atoms with van der Waals surface area (Å²) in [6.45, 7) is 3.33. The summed E-state index contributed by atoms with van der Waals surface area (Å²) < 4.78 is 12.7. The number of aromatic nitrogens is 2.